The first-order valence-corrected chi connectivity index (χ1v) is 15.5. The Morgan fingerprint density at radius 1 is 0.553 bits per heavy atom. The average Bonchev–Trinajstić information content (AvgIpc) is 2.76. The van der Waals surface area contributed by atoms with E-state index in [1.165, 1.54) is 24.3 Å². The van der Waals surface area contributed by atoms with E-state index in [0.29, 0.717) is 45.1 Å². The summed E-state index contributed by atoms with van der Waals surface area (Å²) in [4.78, 5) is 9.48. The smallest absolute Gasteiger partial charge is 0.282 e. The van der Waals surface area contributed by atoms with Crippen molar-refractivity contribution < 1.29 is 25.9 Å². The number of aliphatic imine (C=N–C) groups is 2. The Hall–Kier alpha value is -2.40. The van der Waals surface area contributed by atoms with Gasteiger partial charge in [-0.05, 0) is 84.0 Å². The predicted octanol–water partition coefficient (Wildman–Crippen LogP) is 7.56. The van der Waals surface area contributed by atoms with Gasteiger partial charge in [-0.25, -0.2) is 0 Å². The maximum atomic E-state index is 11.9. The number of hydrogen-bond acceptors (Lipinski definition) is 6. The lowest BCUT2D eigenvalue weighted by Crippen LogP contribution is -2.09. The van der Waals surface area contributed by atoms with Gasteiger partial charge >= 0.3 is 0 Å². The number of nitrogens with zero attached hydrogens (tertiary/aromatic N) is 2. The van der Waals surface area contributed by atoms with Crippen LogP contribution >= 0.6 is 0 Å². The van der Waals surface area contributed by atoms with Gasteiger partial charge in [-0.3, -0.25) is 19.1 Å². The fourth-order valence-corrected chi connectivity index (χ4v) is 5.22. The average molecular weight is 565 g/mol. The third-order valence-electron chi connectivity index (χ3n) is 6.45. The summed E-state index contributed by atoms with van der Waals surface area (Å²) in [5.74, 6) is -0.255. The number of rotatable bonds is 9. The molecule has 0 heterocycles. The van der Waals surface area contributed by atoms with Gasteiger partial charge in [0.2, 0.25) is 0 Å². The summed E-state index contributed by atoms with van der Waals surface area (Å²) in [6.07, 6.45) is 0. The van der Waals surface area contributed by atoms with Gasteiger partial charge in [0, 0.05) is 0 Å². The molecule has 0 aliphatic heterocycles. The van der Waals surface area contributed by atoms with E-state index in [9.17, 15) is 25.9 Å². The molecule has 2 N–H and O–H groups in total. The zero-order valence-corrected chi connectivity index (χ0v) is 25.5. The van der Waals surface area contributed by atoms with Crippen LogP contribution in [0.4, 0.5) is 11.4 Å². The van der Waals surface area contributed by atoms with Gasteiger partial charge in [-0.2, -0.15) is 16.8 Å². The molecule has 2 aromatic carbocycles. The summed E-state index contributed by atoms with van der Waals surface area (Å²) in [6, 6.07) is 5.86. The molecule has 0 amide bonds. The van der Waals surface area contributed by atoms with E-state index in [1.807, 2.05) is 69.2 Å². The molecular formula is C28H40N2O6S2. The summed E-state index contributed by atoms with van der Waals surface area (Å²) in [5, 5.41) is 0. The van der Waals surface area contributed by atoms with Crippen LogP contribution in [0.15, 0.2) is 44.0 Å². The van der Waals surface area contributed by atoms with Crippen LogP contribution < -0.4 is 0 Å². The molecule has 0 bridgehead atoms. The summed E-state index contributed by atoms with van der Waals surface area (Å²) in [5.41, 5.74) is 5.28. The predicted molar refractivity (Wildman–Crippen MR) is 154 cm³/mol. The van der Waals surface area contributed by atoms with E-state index < -0.39 is 20.2 Å². The molecule has 0 aromatic heterocycles. The molecule has 210 valence electrons. The van der Waals surface area contributed by atoms with Crippen LogP contribution in [0, 0.1) is 0 Å². The first-order valence-electron chi connectivity index (χ1n) is 12.7. The van der Waals surface area contributed by atoms with Gasteiger partial charge in [0.15, 0.2) is 0 Å². The van der Waals surface area contributed by atoms with Crippen molar-refractivity contribution in [1.29, 1.82) is 0 Å². The second kappa shape index (κ2) is 11.8. The Bertz CT molecular complexity index is 1310. The van der Waals surface area contributed by atoms with Crippen molar-refractivity contribution in [2.24, 2.45) is 9.98 Å². The lowest BCUT2D eigenvalue weighted by molar-refractivity contribution is 0.480. The van der Waals surface area contributed by atoms with Crippen LogP contribution in [0.2, 0.25) is 0 Å². The third kappa shape index (κ3) is 7.37. The van der Waals surface area contributed by atoms with E-state index in [0.717, 1.165) is 0 Å². The van der Waals surface area contributed by atoms with Crippen LogP contribution in [0.25, 0.3) is 0 Å². The topological polar surface area (TPSA) is 133 Å². The molecule has 0 aliphatic carbocycles. The van der Waals surface area contributed by atoms with Gasteiger partial charge < -0.3 is 0 Å². The molecule has 0 radical (unpaired) electrons. The van der Waals surface area contributed by atoms with Gasteiger partial charge in [0.1, 0.15) is 0 Å². The zero-order valence-electron chi connectivity index (χ0n) is 23.9. The summed E-state index contributed by atoms with van der Waals surface area (Å²) >= 11 is 0. The Kier molecular flexibility index (Phi) is 9.86. The first kappa shape index (κ1) is 31.8. The first-order chi connectivity index (χ1) is 17.2. The van der Waals surface area contributed by atoms with Crippen LogP contribution in [-0.2, 0) is 20.2 Å². The monoisotopic (exact) mass is 564 g/mol. The van der Waals surface area contributed by atoms with Crippen molar-refractivity contribution in [2.75, 3.05) is 0 Å². The van der Waals surface area contributed by atoms with E-state index in [1.54, 1.807) is 0 Å². The van der Waals surface area contributed by atoms with Crippen molar-refractivity contribution in [3.63, 3.8) is 0 Å². The standard InChI is InChI=1S/C28H40N2O6S2/c1-15(2)23-11-21(37(31,32)33)12-24(16(3)4)27(23)29-19(9)20(10)30-28-25(17(5)6)13-22(38(34,35)36)14-26(28)18(7)8/h11-18H,1-10H3,(H,31,32,33)(H,34,35,36). The highest BCUT2D eigenvalue weighted by atomic mass is 32.2. The molecule has 0 spiro atoms. The van der Waals surface area contributed by atoms with Crippen LogP contribution in [0.3, 0.4) is 0 Å². The highest BCUT2D eigenvalue weighted by molar-refractivity contribution is 7.86. The van der Waals surface area contributed by atoms with E-state index >= 15 is 0 Å². The second-order valence-electron chi connectivity index (χ2n) is 10.9. The Labute approximate surface area is 227 Å². The molecule has 0 saturated heterocycles. The van der Waals surface area contributed by atoms with E-state index in [2.05, 4.69) is 0 Å². The van der Waals surface area contributed by atoms with Gasteiger partial charge in [0.05, 0.1) is 32.6 Å². The van der Waals surface area contributed by atoms with Crippen molar-refractivity contribution in [3.8, 4) is 0 Å². The van der Waals surface area contributed by atoms with Crippen molar-refractivity contribution in [3.05, 3.63) is 46.5 Å². The quantitative estimate of drug-likeness (QED) is 0.238. The van der Waals surface area contributed by atoms with Gasteiger partial charge in [0.25, 0.3) is 20.2 Å². The zero-order chi connectivity index (χ0) is 29.3. The van der Waals surface area contributed by atoms with Crippen LogP contribution in [-0.4, -0.2) is 37.4 Å². The summed E-state index contributed by atoms with van der Waals surface area (Å²) in [7, 11) is -8.78. The summed E-state index contributed by atoms with van der Waals surface area (Å²) < 4.78 is 67.1. The fraction of sp³-hybridized carbons (Fsp3) is 0.500. The van der Waals surface area contributed by atoms with Crippen LogP contribution in [0.5, 0.6) is 0 Å². The molecule has 0 aliphatic rings. The molecule has 38 heavy (non-hydrogen) atoms. The lowest BCUT2D eigenvalue weighted by atomic mass is 9.92. The largest absolute Gasteiger partial charge is 0.294 e. The number of hydrogen-bond donors (Lipinski definition) is 2. The fourth-order valence-electron chi connectivity index (χ4n) is 4.12. The Balaban J connectivity index is 2.85. The van der Waals surface area contributed by atoms with E-state index in [4.69, 9.17) is 9.98 Å². The van der Waals surface area contributed by atoms with Gasteiger partial charge in [-0.15, -0.1) is 0 Å². The Morgan fingerprint density at radius 2 is 0.763 bits per heavy atom. The maximum absolute atomic E-state index is 11.9. The SMILES string of the molecule is CC(=Nc1c(C(C)C)cc(S(=O)(=O)O)cc1C(C)C)C(C)=Nc1c(C(C)C)cc(S(=O)(=O)O)cc1C(C)C. The minimum absolute atomic E-state index is 0.0638. The number of benzene rings is 2. The minimum Gasteiger partial charge on any atom is -0.282 e. The molecule has 8 nitrogen and oxygen atoms in total. The van der Waals surface area contributed by atoms with Crippen molar-refractivity contribution in [1.82, 2.24) is 0 Å². The second-order valence-corrected chi connectivity index (χ2v) is 13.7. The Morgan fingerprint density at radius 3 is 0.921 bits per heavy atom. The highest BCUT2D eigenvalue weighted by Gasteiger charge is 2.23. The molecule has 0 saturated carbocycles. The lowest BCUT2D eigenvalue weighted by Gasteiger charge is -2.20. The molecule has 10 heteroatoms. The normalized spacial score (nSPS) is 13.9. The third-order valence-corrected chi connectivity index (χ3v) is 8.11. The molecule has 0 fully saturated rings. The highest BCUT2D eigenvalue weighted by Crippen LogP contribution is 2.39. The summed E-state index contributed by atoms with van der Waals surface area (Å²) in [6.45, 7) is 19.1. The van der Waals surface area contributed by atoms with Crippen molar-refractivity contribution in [2.45, 2.75) is 103 Å². The molecule has 0 unspecified atom stereocenters. The van der Waals surface area contributed by atoms with E-state index in [-0.39, 0.29) is 33.5 Å². The minimum atomic E-state index is -4.39. The maximum Gasteiger partial charge on any atom is 0.294 e. The molecular weight excluding hydrogens is 524 g/mol. The molecule has 0 atom stereocenters. The molecule has 2 rings (SSSR count). The molecule has 2 aromatic rings. The van der Waals surface area contributed by atoms with Crippen molar-refractivity contribution >= 4 is 43.0 Å². The van der Waals surface area contributed by atoms with Crippen LogP contribution in [0.1, 0.15) is 115 Å². The van der Waals surface area contributed by atoms with Gasteiger partial charge in [-0.1, -0.05) is 55.4 Å².